The van der Waals surface area contributed by atoms with Crippen LogP contribution in [0.15, 0.2) is 96.9 Å². The van der Waals surface area contributed by atoms with Crippen molar-refractivity contribution in [1.82, 2.24) is 0 Å². The maximum Gasteiger partial charge on any atom is 0.344 e. The lowest BCUT2D eigenvalue weighted by Gasteiger charge is -2.12. The Labute approximate surface area is 229 Å². The molecule has 4 rings (SSSR count). The van der Waals surface area contributed by atoms with Crippen LogP contribution in [0.5, 0.6) is 5.75 Å². The Hall–Kier alpha value is -2.88. The first kappa shape index (κ1) is 26.2. The van der Waals surface area contributed by atoms with Crippen molar-refractivity contribution in [2.24, 2.45) is 4.99 Å². The van der Waals surface area contributed by atoms with Gasteiger partial charge < -0.3 is 14.6 Å². The Morgan fingerprint density at radius 2 is 1.75 bits per heavy atom. The molecule has 184 valence electrons. The van der Waals surface area contributed by atoms with Gasteiger partial charge in [0.05, 0.1) is 26.1 Å². The van der Waals surface area contributed by atoms with E-state index in [1.165, 1.54) is 17.8 Å². The van der Waals surface area contributed by atoms with Crippen LogP contribution in [0.2, 0.25) is 0 Å². The van der Waals surface area contributed by atoms with Crippen molar-refractivity contribution in [2.75, 3.05) is 6.61 Å². The summed E-state index contributed by atoms with van der Waals surface area (Å²) < 4.78 is 26.2. The third-order valence-corrected chi connectivity index (χ3v) is 7.20. The van der Waals surface area contributed by atoms with E-state index in [1.54, 1.807) is 43.3 Å². The second kappa shape index (κ2) is 11.9. The summed E-state index contributed by atoms with van der Waals surface area (Å²) in [6.45, 7) is 1.94. The first-order chi connectivity index (χ1) is 17.4. The van der Waals surface area contributed by atoms with Crippen LogP contribution in [-0.2, 0) is 16.1 Å². The number of nitrogens with zero attached hydrogens (tertiary/aromatic N) is 1. The highest BCUT2D eigenvalue weighted by molar-refractivity contribution is 9.11. The molecule has 0 radical (unpaired) electrons. The van der Waals surface area contributed by atoms with E-state index in [9.17, 15) is 14.3 Å². The fourth-order valence-corrected chi connectivity index (χ4v) is 5.82. The number of thioether (sulfide) groups is 1. The van der Waals surface area contributed by atoms with Crippen molar-refractivity contribution >= 4 is 66.4 Å². The molecule has 9 heteroatoms. The number of aliphatic imine (C=N–C) groups is 1. The Kier molecular flexibility index (Phi) is 8.66. The molecule has 0 atom stereocenters. The number of para-hydroxylation sites is 1. The molecule has 36 heavy (non-hydrogen) atoms. The van der Waals surface area contributed by atoms with Gasteiger partial charge in [-0.15, -0.1) is 0 Å². The summed E-state index contributed by atoms with van der Waals surface area (Å²) >= 11 is 8.20. The Balaban J connectivity index is 1.64. The minimum atomic E-state index is -0.639. The Morgan fingerprint density at radius 3 is 2.42 bits per heavy atom. The van der Waals surface area contributed by atoms with Crippen molar-refractivity contribution in [3.63, 3.8) is 0 Å². The topological polar surface area (TPSA) is 68.1 Å². The maximum atomic E-state index is 13.9. The first-order valence-electron chi connectivity index (χ1n) is 10.9. The van der Waals surface area contributed by atoms with Crippen LogP contribution in [-0.4, -0.2) is 22.7 Å². The maximum absolute atomic E-state index is 13.9. The number of halogens is 3. The van der Waals surface area contributed by atoms with E-state index in [-0.39, 0.29) is 30.4 Å². The lowest BCUT2D eigenvalue weighted by atomic mass is 10.1. The van der Waals surface area contributed by atoms with Gasteiger partial charge in [-0.1, -0.05) is 48.2 Å². The monoisotopic (exact) mass is 631 g/mol. The number of rotatable bonds is 7. The number of aliphatic hydroxyl groups excluding tert-OH is 1. The number of carbonyl (C=O) groups excluding carboxylic acids is 1. The smallest absolute Gasteiger partial charge is 0.344 e. The van der Waals surface area contributed by atoms with Gasteiger partial charge in [0.25, 0.3) is 0 Å². The molecule has 0 aromatic heterocycles. The average molecular weight is 633 g/mol. The quantitative estimate of drug-likeness (QED) is 0.266. The van der Waals surface area contributed by atoms with Gasteiger partial charge >= 0.3 is 5.97 Å². The molecule has 0 saturated carbocycles. The number of carbonyl (C=O) groups is 1. The molecule has 1 aliphatic heterocycles. The SMILES string of the molecule is CCOC(=O)C1=C(O)/C(=C/c2cc(Br)c(OCc3ccccc3F)c(Br)c2)SC1=Nc1ccccc1. The van der Waals surface area contributed by atoms with Gasteiger partial charge in [-0.25, -0.2) is 14.2 Å². The molecular weight excluding hydrogens is 613 g/mol. The zero-order valence-corrected chi connectivity index (χ0v) is 23.0. The van der Waals surface area contributed by atoms with Crippen molar-refractivity contribution < 1.29 is 23.8 Å². The van der Waals surface area contributed by atoms with Crippen LogP contribution in [0, 0.1) is 5.82 Å². The van der Waals surface area contributed by atoms with Crippen molar-refractivity contribution in [1.29, 1.82) is 0 Å². The summed E-state index contributed by atoms with van der Waals surface area (Å²) in [4.78, 5) is 17.6. The molecular formula is C27H20Br2FNO4S. The average Bonchev–Trinajstić information content (AvgIpc) is 3.14. The van der Waals surface area contributed by atoms with Crippen LogP contribution < -0.4 is 4.74 Å². The minimum Gasteiger partial charge on any atom is -0.506 e. The van der Waals surface area contributed by atoms with E-state index in [2.05, 4.69) is 36.9 Å². The fourth-order valence-electron chi connectivity index (χ4n) is 3.33. The predicted molar refractivity (Wildman–Crippen MR) is 148 cm³/mol. The molecule has 1 heterocycles. The van der Waals surface area contributed by atoms with E-state index in [0.29, 0.717) is 35.9 Å². The lowest BCUT2D eigenvalue weighted by Crippen LogP contribution is -2.12. The molecule has 0 unspecified atom stereocenters. The first-order valence-corrected chi connectivity index (χ1v) is 13.3. The molecule has 0 saturated heterocycles. The molecule has 0 aliphatic carbocycles. The number of esters is 1. The summed E-state index contributed by atoms with van der Waals surface area (Å²) in [5.41, 5.74) is 1.85. The highest BCUT2D eigenvalue weighted by atomic mass is 79.9. The van der Waals surface area contributed by atoms with E-state index >= 15 is 0 Å². The standard InChI is InChI=1S/C27H20Br2FNO4S/c1-2-34-27(33)23-24(32)22(36-26(23)31-18-9-4-3-5-10-18)14-16-12-19(28)25(20(29)13-16)35-15-17-8-6-7-11-21(17)30/h3-14,32H,2,15H2,1H3/b22-14-,31-26?. The van der Waals surface area contributed by atoms with Crippen molar-refractivity contribution in [3.8, 4) is 5.75 Å². The van der Waals surface area contributed by atoms with Crippen molar-refractivity contribution in [2.45, 2.75) is 13.5 Å². The normalized spacial score (nSPS) is 15.6. The third kappa shape index (κ3) is 6.08. The molecule has 1 N–H and O–H groups in total. The Bertz CT molecular complexity index is 1370. The summed E-state index contributed by atoms with van der Waals surface area (Å²) in [6, 6.07) is 19.2. The second-order valence-corrected chi connectivity index (χ2v) is 10.2. The zero-order chi connectivity index (χ0) is 25.7. The van der Waals surface area contributed by atoms with Gasteiger partial charge in [-0.2, -0.15) is 0 Å². The number of ether oxygens (including phenoxy) is 2. The predicted octanol–water partition coefficient (Wildman–Crippen LogP) is 8.12. The second-order valence-electron chi connectivity index (χ2n) is 7.50. The highest BCUT2D eigenvalue weighted by Gasteiger charge is 2.33. The minimum absolute atomic E-state index is 0.0277. The van der Waals surface area contributed by atoms with Crippen LogP contribution in [0.1, 0.15) is 18.1 Å². The zero-order valence-electron chi connectivity index (χ0n) is 19.0. The summed E-state index contributed by atoms with van der Waals surface area (Å²) in [6.07, 6.45) is 1.74. The molecule has 3 aromatic carbocycles. The third-order valence-electron chi connectivity index (χ3n) is 5.01. The van der Waals surface area contributed by atoms with Gasteiger partial charge in [0.1, 0.15) is 34.5 Å². The van der Waals surface area contributed by atoms with Crippen LogP contribution in [0.25, 0.3) is 6.08 Å². The van der Waals surface area contributed by atoms with Gasteiger partial charge in [0, 0.05) is 5.56 Å². The van der Waals surface area contributed by atoms with Gasteiger partial charge in [0.15, 0.2) is 0 Å². The lowest BCUT2D eigenvalue weighted by molar-refractivity contribution is -0.138. The number of hydrogen-bond donors (Lipinski definition) is 1. The van der Waals surface area contributed by atoms with E-state index in [1.807, 2.05) is 30.3 Å². The van der Waals surface area contributed by atoms with Gasteiger partial charge in [-0.05, 0) is 80.8 Å². The molecule has 0 spiro atoms. The van der Waals surface area contributed by atoms with E-state index < -0.39 is 5.97 Å². The van der Waals surface area contributed by atoms with Crippen LogP contribution in [0.4, 0.5) is 10.1 Å². The summed E-state index contributed by atoms with van der Waals surface area (Å²) in [5.74, 6) is -0.658. The van der Waals surface area contributed by atoms with Crippen LogP contribution >= 0.6 is 43.6 Å². The van der Waals surface area contributed by atoms with Crippen molar-refractivity contribution in [3.05, 3.63) is 109 Å². The van der Waals surface area contributed by atoms with E-state index in [0.717, 1.165) is 5.56 Å². The molecule has 3 aromatic rings. The summed E-state index contributed by atoms with van der Waals surface area (Å²) in [7, 11) is 0. The number of benzene rings is 3. The number of aliphatic hydroxyl groups is 1. The Morgan fingerprint density at radius 1 is 1.08 bits per heavy atom. The molecule has 1 aliphatic rings. The number of hydrogen-bond acceptors (Lipinski definition) is 6. The molecule has 0 fully saturated rings. The van der Waals surface area contributed by atoms with Crippen LogP contribution in [0.3, 0.4) is 0 Å². The molecule has 0 bridgehead atoms. The largest absolute Gasteiger partial charge is 0.506 e. The van der Waals surface area contributed by atoms with Gasteiger partial charge in [-0.3, -0.25) is 0 Å². The highest BCUT2D eigenvalue weighted by Crippen LogP contribution is 2.42. The van der Waals surface area contributed by atoms with E-state index in [4.69, 9.17) is 9.47 Å². The molecule has 5 nitrogen and oxygen atoms in total. The summed E-state index contributed by atoms with van der Waals surface area (Å²) in [5, 5.41) is 11.3. The fraction of sp³-hybridized carbons (Fsp3) is 0.111. The molecule has 0 amide bonds. The van der Waals surface area contributed by atoms with Gasteiger partial charge in [0.2, 0.25) is 0 Å².